The zero-order valence-corrected chi connectivity index (χ0v) is 13.6. The second-order valence-electron chi connectivity index (χ2n) is 5.66. The maximum Gasteiger partial charge on any atom is 0.422 e. The third-order valence-electron chi connectivity index (χ3n) is 3.72. The van der Waals surface area contributed by atoms with E-state index < -0.39 is 8.72 Å². The van der Waals surface area contributed by atoms with Crippen molar-refractivity contribution in [2.45, 2.75) is 71.9 Å². The fourth-order valence-corrected chi connectivity index (χ4v) is 5.13. The summed E-state index contributed by atoms with van der Waals surface area (Å²) in [6, 6.07) is 0.587. The lowest BCUT2D eigenvalue weighted by Crippen LogP contribution is -2.59. The average Bonchev–Trinajstić information content (AvgIpc) is 2.37. The van der Waals surface area contributed by atoms with Gasteiger partial charge in [-0.15, -0.1) is 0 Å². The summed E-state index contributed by atoms with van der Waals surface area (Å²) in [5.74, 6) is 0.751. The van der Waals surface area contributed by atoms with Gasteiger partial charge in [0, 0.05) is 19.3 Å². The zero-order chi connectivity index (χ0) is 13.4. The lowest BCUT2D eigenvalue weighted by atomic mass is 9.87. The first-order valence-electron chi connectivity index (χ1n) is 7.67. The Hall–Kier alpha value is 0.0969. The van der Waals surface area contributed by atoms with E-state index in [0.29, 0.717) is 6.04 Å². The molecule has 0 aliphatic heterocycles. The van der Waals surface area contributed by atoms with Crippen LogP contribution in [0.15, 0.2) is 0 Å². The van der Waals surface area contributed by atoms with Gasteiger partial charge in [-0.25, -0.2) is 0 Å². The largest absolute Gasteiger partial charge is 0.422 e. The minimum Gasteiger partial charge on any atom is -0.383 e. The van der Waals surface area contributed by atoms with Crippen LogP contribution in [0.1, 0.15) is 59.3 Å². The fourth-order valence-electron chi connectivity index (χ4n) is 2.59. The summed E-state index contributed by atoms with van der Waals surface area (Å²) in [4.78, 5) is 3.75. The third kappa shape index (κ3) is 5.39. The van der Waals surface area contributed by atoms with Crippen LogP contribution >= 0.6 is 0 Å². The molecule has 0 spiro atoms. The molecule has 0 aromatic rings. The van der Waals surface area contributed by atoms with Crippen molar-refractivity contribution in [3.05, 3.63) is 0 Å². The summed E-state index contributed by atoms with van der Waals surface area (Å²) in [5, 5.41) is 0. The van der Waals surface area contributed by atoms with Gasteiger partial charge in [0.15, 0.2) is 0 Å². The van der Waals surface area contributed by atoms with Gasteiger partial charge in [0.1, 0.15) is 0 Å². The molecular weight excluding hydrogens is 242 g/mol. The average molecular weight is 273 g/mol. The highest BCUT2D eigenvalue weighted by molar-refractivity contribution is 6.63. The standard InChI is InChI=1S/C14H31NO2Si/c1-5-11-16-18(4,17-12-6-2)15-14-10-8-7-9-13(14)3/h13-15H,5-12H2,1-4H3. The van der Waals surface area contributed by atoms with Crippen LogP contribution in [0, 0.1) is 5.92 Å². The summed E-state index contributed by atoms with van der Waals surface area (Å²) >= 11 is 0. The van der Waals surface area contributed by atoms with Crippen molar-refractivity contribution in [1.29, 1.82) is 0 Å². The number of hydrogen-bond donors (Lipinski definition) is 1. The van der Waals surface area contributed by atoms with Gasteiger partial charge in [-0.3, -0.25) is 4.98 Å². The highest BCUT2D eigenvalue weighted by atomic mass is 28.4. The van der Waals surface area contributed by atoms with E-state index in [1.165, 1.54) is 25.7 Å². The molecule has 0 aromatic carbocycles. The normalized spacial score (nSPS) is 25.3. The summed E-state index contributed by atoms with van der Waals surface area (Å²) in [7, 11) is -2.17. The van der Waals surface area contributed by atoms with E-state index in [0.717, 1.165) is 32.0 Å². The molecule has 0 saturated heterocycles. The molecule has 1 N–H and O–H groups in total. The van der Waals surface area contributed by atoms with Crippen molar-refractivity contribution in [3.8, 4) is 0 Å². The van der Waals surface area contributed by atoms with E-state index in [1.54, 1.807) is 0 Å². The van der Waals surface area contributed by atoms with Crippen LogP contribution in [0.2, 0.25) is 6.55 Å². The minimum atomic E-state index is -2.17. The van der Waals surface area contributed by atoms with Gasteiger partial charge in [0.2, 0.25) is 0 Å². The monoisotopic (exact) mass is 273 g/mol. The van der Waals surface area contributed by atoms with Gasteiger partial charge in [0.25, 0.3) is 0 Å². The van der Waals surface area contributed by atoms with Crippen LogP contribution in [0.5, 0.6) is 0 Å². The Morgan fingerprint density at radius 1 is 1.06 bits per heavy atom. The van der Waals surface area contributed by atoms with Crippen LogP contribution in [0.3, 0.4) is 0 Å². The molecule has 18 heavy (non-hydrogen) atoms. The molecule has 1 fully saturated rings. The Labute approximate surface area is 114 Å². The first kappa shape index (κ1) is 16.2. The van der Waals surface area contributed by atoms with Crippen LogP contribution in [0.25, 0.3) is 0 Å². The molecule has 2 atom stereocenters. The summed E-state index contributed by atoms with van der Waals surface area (Å²) in [5.41, 5.74) is 0. The quantitative estimate of drug-likeness (QED) is 0.686. The fraction of sp³-hybridized carbons (Fsp3) is 1.00. The topological polar surface area (TPSA) is 30.5 Å². The van der Waals surface area contributed by atoms with E-state index in [-0.39, 0.29) is 0 Å². The number of rotatable bonds is 8. The molecule has 108 valence electrons. The maximum atomic E-state index is 6.04. The predicted molar refractivity (Wildman–Crippen MR) is 78.7 cm³/mol. The molecule has 4 heteroatoms. The van der Waals surface area contributed by atoms with Crippen molar-refractivity contribution in [2.75, 3.05) is 13.2 Å². The lowest BCUT2D eigenvalue weighted by Gasteiger charge is -2.36. The molecule has 1 aliphatic carbocycles. The Bertz CT molecular complexity index is 218. The molecule has 1 saturated carbocycles. The lowest BCUT2D eigenvalue weighted by molar-refractivity contribution is 0.148. The minimum absolute atomic E-state index is 0.587. The smallest absolute Gasteiger partial charge is 0.383 e. The molecule has 0 aromatic heterocycles. The van der Waals surface area contributed by atoms with Crippen LogP contribution in [0.4, 0.5) is 0 Å². The van der Waals surface area contributed by atoms with Crippen molar-refractivity contribution >= 4 is 8.72 Å². The summed E-state index contributed by atoms with van der Waals surface area (Å²) < 4.78 is 12.1. The maximum absolute atomic E-state index is 6.04. The van der Waals surface area contributed by atoms with Gasteiger partial charge in [-0.05, 0) is 38.1 Å². The van der Waals surface area contributed by atoms with Gasteiger partial charge >= 0.3 is 8.72 Å². The highest BCUT2D eigenvalue weighted by Gasteiger charge is 2.36. The van der Waals surface area contributed by atoms with Crippen LogP contribution in [-0.4, -0.2) is 28.0 Å². The molecule has 0 radical (unpaired) electrons. The van der Waals surface area contributed by atoms with Crippen molar-refractivity contribution in [3.63, 3.8) is 0 Å². The van der Waals surface area contributed by atoms with Crippen molar-refractivity contribution in [1.82, 2.24) is 4.98 Å². The molecule has 0 heterocycles. The molecule has 2 unspecified atom stereocenters. The van der Waals surface area contributed by atoms with E-state index in [2.05, 4.69) is 32.3 Å². The molecule has 3 nitrogen and oxygen atoms in total. The van der Waals surface area contributed by atoms with Crippen molar-refractivity contribution in [2.24, 2.45) is 5.92 Å². The number of nitrogens with one attached hydrogen (secondary N) is 1. The Balaban J connectivity index is 2.52. The van der Waals surface area contributed by atoms with Crippen molar-refractivity contribution < 1.29 is 8.85 Å². The second-order valence-corrected chi connectivity index (χ2v) is 8.41. The molecule has 0 amide bonds. The molecule has 1 rings (SSSR count). The summed E-state index contributed by atoms with van der Waals surface area (Å²) in [6.45, 7) is 10.4. The van der Waals surface area contributed by atoms with E-state index >= 15 is 0 Å². The molecular formula is C14H31NO2Si. The Morgan fingerprint density at radius 2 is 1.61 bits per heavy atom. The SMILES string of the molecule is CCCO[Si](C)(NC1CCCCC1C)OCCC. The van der Waals surface area contributed by atoms with Gasteiger partial charge < -0.3 is 8.85 Å². The first-order chi connectivity index (χ1) is 8.61. The predicted octanol–water partition coefficient (Wildman–Crippen LogP) is 3.58. The Kier molecular flexibility index (Phi) is 7.45. The van der Waals surface area contributed by atoms with Gasteiger partial charge in [-0.2, -0.15) is 0 Å². The Morgan fingerprint density at radius 3 is 2.11 bits per heavy atom. The third-order valence-corrected chi connectivity index (χ3v) is 6.13. The molecule has 0 bridgehead atoms. The summed E-state index contributed by atoms with van der Waals surface area (Å²) in [6.07, 6.45) is 7.44. The second kappa shape index (κ2) is 8.30. The van der Waals surface area contributed by atoms with Crippen LogP contribution in [-0.2, 0) is 8.85 Å². The van der Waals surface area contributed by atoms with Crippen LogP contribution < -0.4 is 4.98 Å². The van der Waals surface area contributed by atoms with Gasteiger partial charge in [-0.1, -0.05) is 33.6 Å². The number of hydrogen-bond acceptors (Lipinski definition) is 3. The van der Waals surface area contributed by atoms with E-state index in [4.69, 9.17) is 8.85 Å². The van der Waals surface area contributed by atoms with E-state index in [1.807, 2.05) is 0 Å². The zero-order valence-electron chi connectivity index (χ0n) is 12.6. The highest BCUT2D eigenvalue weighted by Crippen LogP contribution is 2.25. The van der Waals surface area contributed by atoms with Gasteiger partial charge in [0.05, 0.1) is 0 Å². The van der Waals surface area contributed by atoms with E-state index in [9.17, 15) is 0 Å². The molecule has 1 aliphatic rings. The first-order valence-corrected chi connectivity index (χ1v) is 9.98.